The molecule has 152 valence electrons. The Balaban J connectivity index is 0.000000271. The average molecular weight is 421 g/mol. The number of halogens is 1. The van der Waals surface area contributed by atoms with Crippen LogP contribution in [0.4, 0.5) is 4.39 Å². The summed E-state index contributed by atoms with van der Waals surface area (Å²) < 4.78 is 15.5. The van der Waals surface area contributed by atoms with Crippen LogP contribution in [0.1, 0.15) is 43.0 Å². The van der Waals surface area contributed by atoms with E-state index in [1.54, 1.807) is 34.1 Å². The van der Waals surface area contributed by atoms with Crippen molar-refractivity contribution in [2.45, 2.75) is 42.9 Å². The molecule has 0 aliphatic carbocycles. The molecule has 28 heavy (non-hydrogen) atoms. The van der Waals surface area contributed by atoms with Crippen molar-refractivity contribution in [3.05, 3.63) is 41.7 Å². The lowest BCUT2D eigenvalue weighted by molar-refractivity contribution is 0.0788. The molecule has 1 atom stereocenters. The molecule has 1 aromatic heterocycles. The fraction of sp³-hybridized carbons (Fsp3) is 0.500. The van der Waals surface area contributed by atoms with Gasteiger partial charge >= 0.3 is 0 Å². The van der Waals surface area contributed by atoms with E-state index < -0.39 is 5.82 Å². The summed E-state index contributed by atoms with van der Waals surface area (Å²) in [6.45, 7) is 5.07. The van der Waals surface area contributed by atoms with Crippen LogP contribution in [0.15, 0.2) is 34.5 Å². The van der Waals surface area contributed by atoms with Gasteiger partial charge in [-0.1, -0.05) is 6.07 Å². The van der Waals surface area contributed by atoms with Crippen molar-refractivity contribution in [2.75, 3.05) is 32.9 Å². The van der Waals surface area contributed by atoms with Crippen LogP contribution in [0.2, 0.25) is 0 Å². The first-order valence-corrected chi connectivity index (χ1v) is 12.0. The first kappa shape index (κ1) is 21.3. The highest BCUT2D eigenvalue weighted by atomic mass is 32.2. The van der Waals surface area contributed by atoms with Gasteiger partial charge in [0.15, 0.2) is 0 Å². The second-order valence-electron chi connectivity index (χ2n) is 7.49. The van der Waals surface area contributed by atoms with Gasteiger partial charge in [0, 0.05) is 24.0 Å². The molecule has 0 bridgehead atoms. The summed E-state index contributed by atoms with van der Waals surface area (Å²) in [5.41, 5.74) is 1.01. The average Bonchev–Trinajstić information content (AvgIpc) is 3.45. The van der Waals surface area contributed by atoms with E-state index >= 15 is 0 Å². The Labute approximate surface area is 175 Å². The lowest BCUT2D eigenvalue weighted by Gasteiger charge is -2.15. The van der Waals surface area contributed by atoms with Gasteiger partial charge in [0.1, 0.15) is 5.82 Å². The van der Waals surface area contributed by atoms with Gasteiger partial charge in [0.25, 0.3) is 5.91 Å². The molecule has 4 rings (SSSR count). The number of amides is 1. The topological polar surface area (TPSA) is 23.6 Å². The zero-order valence-electron chi connectivity index (χ0n) is 16.9. The molecule has 0 N–H and O–H groups in total. The molecule has 2 aromatic rings. The van der Waals surface area contributed by atoms with Crippen LogP contribution in [-0.4, -0.2) is 54.7 Å². The van der Waals surface area contributed by atoms with E-state index in [0.717, 1.165) is 42.4 Å². The fourth-order valence-corrected chi connectivity index (χ4v) is 5.13. The van der Waals surface area contributed by atoms with Crippen LogP contribution >= 0.6 is 23.1 Å². The van der Waals surface area contributed by atoms with E-state index in [2.05, 4.69) is 18.9 Å². The number of thiophene rings is 1. The molecule has 1 aromatic carbocycles. The number of carbonyl (C=O) groups excluding carboxylic acids is 1. The molecule has 0 saturated carbocycles. The summed E-state index contributed by atoms with van der Waals surface area (Å²) in [4.78, 5) is 17.4. The highest BCUT2D eigenvalue weighted by Gasteiger charge is 2.22. The molecular formula is C22H29FN2OS2. The number of benzene rings is 1. The third kappa shape index (κ3) is 5.16. The molecule has 2 aliphatic rings. The normalized spacial score (nSPS) is 19.6. The monoisotopic (exact) mass is 420 g/mol. The van der Waals surface area contributed by atoms with E-state index in [4.69, 9.17) is 0 Å². The van der Waals surface area contributed by atoms with Crippen molar-refractivity contribution in [1.82, 2.24) is 9.80 Å². The quantitative estimate of drug-likeness (QED) is 0.603. The summed E-state index contributed by atoms with van der Waals surface area (Å²) in [5.74, 6) is -0.615. The number of rotatable bonds is 3. The predicted molar refractivity (Wildman–Crippen MR) is 118 cm³/mol. The van der Waals surface area contributed by atoms with Crippen LogP contribution in [-0.2, 0) is 0 Å². The molecule has 2 aliphatic heterocycles. The number of nitrogens with zero attached hydrogens (tertiary/aromatic N) is 2. The van der Waals surface area contributed by atoms with E-state index in [1.165, 1.54) is 29.7 Å². The number of carbonyl (C=O) groups is 1. The van der Waals surface area contributed by atoms with Crippen LogP contribution < -0.4 is 0 Å². The lowest BCUT2D eigenvalue weighted by atomic mass is 10.1. The predicted octanol–water partition coefficient (Wildman–Crippen LogP) is 5.61. The molecule has 1 amide bonds. The number of likely N-dealkylation sites (tertiary alicyclic amines) is 2. The van der Waals surface area contributed by atoms with Gasteiger partial charge in [0.2, 0.25) is 0 Å². The molecule has 2 saturated heterocycles. The van der Waals surface area contributed by atoms with Crippen molar-refractivity contribution in [2.24, 2.45) is 0 Å². The van der Waals surface area contributed by atoms with Gasteiger partial charge < -0.3 is 9.80 Å². The van der Waals surface area contributed by atoms with Gasteiger partial charge in [-0.3, -0.25) is 4.79 Å². The maximum atomic E-state index is 14.3. The van der Waals surface area contributed by atoms with Crippen molar-refractivity contribution in [3.8, 4) is 10.4 Å². The van der Waals surface area contributed by atoms with Gasteiger partial charge in [-0.25, -0.2) is 4.39 Å². The molecule has 0 spiro atoms. The number of hydrogen-bond donors (Lipinski definition) is 0. The lowest BCUT2D eigenvalue weighted by Crippen LogP contribution is -2.28. The van der Waals surface area contributed by atoms with Gasteiger partial charge in [-0.05, 0) is 82.3 Å². The molecule has 2 fully saturated rings. The van der Waals surface area contributed by atoms with Gasteiger partial charge in [-0.15, -0.1) is 23.1 Å². The highest BCUT2D eigenvalue weighted by Crippen LogP contribution is 2.33. The highest BCUT2D eigenvalue weighted by molar-refractivity contribution is 8.00. The van der Waals surface area contributed by atoms with Gasteiger partial charge in [-0.2, -0.15) is 0 Å². The van der Waals surface area contributed by atoms with Crippen LogP contribution in [0.3, 0.4) is 0 Å². The first-order chi connectivity index (χ1) is 13.5. The summed E-state index contributed by atoms with van der Waals surface area (Å²) in [6.07, 6.45) is 6.85. The third-order valence-electron chi connectivity index (χ3n) is 5.54. The zero-order chi connectivity index (χ0) is 20.1. The molecule has 3 heterocycles. The van der Waals surface area contributed by atoms with E-state index in [1.807, 2.05) is 24.5 Å². The minimum atomic E-state index is -0.427. The van der Waals surface area contributed by atoms with E-state index in [0.29, 0.717) is 0 Å². The first-order valence-electron chi connectivity index (χ1n) is 9.93. The Morgan fingerprint density at radius 2 is 1.89 bits per heavy atom. The number of hydrogen-bond acceptors (Lipinski definition) is 4. The molecule has 0 radical (unpaired) electrons. The minimum Gasteiger partial charge on any atom is -0.339 e. The van der Waals surface area contributed by atoms with Crippen molar-refractivity contribution >= 4 is 29.0 Å². The Hall–Kier alpha value is -1.37. The van der Waals surface area contributed by atoms with Crippen LogP contribution in [0, 0.1) is 5.82 Å². The molecule has 3 nitrogen and oxygen atoms in total. The third-order valence-corrected chi connectivity index (χ3v) is 7.76. The van der Waals surface area contributed by atoms with Crippen molar-refractivity contribution < 1.29 is 9.18 Å². The van der Waals surface area contributed by atoms with E-state index in [9.17, 15) is 9.18 Å². The number of thioether (sulfide) groups is 1. The second kappa shape index (κ2) is 9.90. The van der Waals surface area contributed by atoms with Gasteiger partial charge in [0.05, 0.1) is 9.77 Å². The molecular weight excluding hydrogens is 391 g/mol. The van der Waals surface area contributed by atoms with Crippen molar-refractivity contribution in [1.29, 1.82) is 0 Å². The maximum Gasteiger partial charge on any atom is 0.256 e. The second-order valence-corrected chi connectivity index (χ2v) is 9.68. The molecule has 6 heteroatoms. The Morgan fingerprint density at radius 3 is 2.39 bits per heavy atom. The largest absolute Gasteiger partial charge is 0.339 e. The van der Waals surface area contributed by atoms with Crippen molar-refractivity contribution in [3.63, 3.8) is 0 Å². The standard InChI is InChI=1S/C16H16FNOS2.C6H13N/c1-20-15-7-6-14(21-15)11-4-5-12(13(17)10-11)16(19)18-8-2-3-9-18;1-6-4-3-5-7(6)2/h4-7,10H,2-3,8-9H2,1H3;6H,3-5H2,1-2H3/t;6-/m.1/s1. The maximum absolute atomic E-state index is 14.3. The summed E-state index contributed by atoms with van der Waals surface area (Å²) in [5, 5.41) is 0. The van der Waals surface area contributed by atoms with Crippen LogP contribution in [0.25, 0.3) is 10.4 Å². The smallest absolute Gasteiger partial charge is 0.256 e. The Morgan fingerprint density at radius 1 is 1.14 bits per heavy atom. The SMILES string of the molecule is CSc1ccc(-c2ccc(C(=O)N3CCCC3)c(F)c2)s1.C[C@@H]1CCCN1C. The Kier molecular flexibility index (Phi) is 7.55. The summed E-state index contributed by atoms with van der Waals surface area (Å²) in [7, 11) is 2.19. The molecule has 0 unspecified atom stereocenters. The minimum absolute atomic E-state index is 0.183. The van der Waals surface area contributed by atoms with Crippen LogP contribution in [0.5, 0.6) is 0 Å². The van der Waals surface area contributed by atoms with E-state index in [-0.39, 0.29) is 11.5 Å². The fourth-order valence-electron chi connectivity index (χ4n) is 3.59. The summed E-state index contributed by atoms with van der Waals surface area (Å²) >= 11 is 3.31. The Bertz CT molecular complexity index is 794. The summed E-state index contributed by atoms with van der Waals surface area (Å²) in [6, 6.07) is 9.80. The zero-order valence-corrected chi connectivity index (χ0v) is 18.5.